The van der Waals surface area contributed by atoms with Crippen LogP contribution in [0.25, 0.3) is 0 Å². The molecule has 0 radical (unpaired) electrons. The molecule has 21 heavy (non-hydrogen) atoms. The zero-order chi connectivity index (χ0) is 15.4. The van der Waals surface area contributed by atoms with Gasteiger partial charge in [-0.25, -0.2) is 0 Å². The van der Waals surface area contributed by atoms with E-state index in [1.807, 2.05) is 0 Å². The fourth-order valence-corrected chi connectivity index (χ4v) is 3.55. The Labute approximate surface area is 129 Å². The van der Waals surface area contributed by atoms with Gasteiger partial charge in [0.25, 0.3) is 0 Å². The van der Waals surface area contributed by atoms with Crippen LogP contribution in [0, 0.1) is 5.92 Å². The first-order valence-electron chi connectivity index (χ1n) is 8.39. The van der Waals surface area contributed by atoms with Crippen LogP contribution in [0.2, 0.25) is 0 Å². The van der Waals surface area contributed by atoms with Crippen molar-refractivity contribution < 1.29 is 4.79 Å². The molecule has 2 heterocycles. The van der Waals surface area contributed by atoms with Crippen LogP contribution in [0.4, 0.5) is 0 Å². The average Bonchev–Trinajstić information content (AvgIpc) is 2.97. The van der Waals surface area contributed by atoms with Crippen molar-refractivity contribution in [3.05, 3.63) is 11.8 Å². The van der Waals surface area contributed by atoms with E-state index in [1.54, 1.807) is 0 Å². The summed E-state index contributed by atoms with van der Waals surface area (Å²) in [6, 6.07) is 0.537. The van der Waals surface area contributed by atoms with E-state index in [1.165, 1.54) is 5.70 Å². The number of carbonyl (C=O) groups is 1. The molecule has 2 rings (SSSR count). The van der Waals surface area contributed by atoms with Gasteiger partial charge in [-0.2, -0.15) is 0 Å². The molecule has 0 saturated carbocycles. The second kappa shape index (κ2) is 7.30. The van der Waals surface area contributed by atoms with Gasteiger partial charge in [0, 0.05) is 37.9 Å². The fourth-order valence-electron chi connectivity index (χ4n) is 3.55. The summed E-state index contributed by atoms with van der Waals surface area (Å²) >= 11 is 0. The smallest absolute Gasteiger partial charge is 0.227 e. The van der Waals surface area contributed by atoms with Crippen LogP contribution >= 0.6 is 0 Å². The summed E-state index contributed by atoms with van der Waals surface area (Å²) in [4.78, 5) is 19.5. The number of piperidine rings is 1. The quantitative estimate of drug-likeness (QED) is 0.795. The summed E-state index contributed by atoms with van der Waals surface area (Å²) in [6.45, 7) is 8.20. The van der Waals surface area contributed by atoms with E-state index in [0.29, 0.717) is 11.9 Å². The Hall–Kier alpha value is -1.03. The monoisotopic (exact) mass is 293 g/mol. The molecule has 0 N–H and O–H groups in total. The summed E-state index contributed by atoms with van der Waals surface area (Å²) in [7, 11) is 4.22. The highest BCUT2D eigenvalue weighted by atomic mass is 16.2. The van der Waals surface area contributed by atoms with Gasteiger partial charge >= 0.3 is 0 Å². The molecule has 2 aliphatic rings. The topological polar surface area (TPSA) is 26.8 Å². The molecule has 4 nitrogen and oxygen atoms in total. The number of hydrogen-bond acceptors (Lipinski definition) is 3. The van der Waals surface area contributed by atoms with Crippen LogP contribution in [0.1, 0.15) is 39.5 Å². The molecule has 0 aromatic heterocycles. The van der Waals surface area contributed by atoms with Gasteiger partial charge in [-0.1, -0.05) is 13.0 Å². The summed E-state index contributed by atoms with van der Waals surface area (Å²) < 4.78 is 0. The first-order chi connectivity index (χ1) is 10.0. The molecule has 4 heteroatoms. The molecule has 0 aromatic carbocycles. The van der Waals surface area contributed by atoms with E-state index in [-0.39, 0.29) is 5.92 Å². The third kappa shape index (κ3) is 4.00. The van der Waals surface area contributed by atoms with Crippen molar-refractivity contribution in [3.8, 4) is 0 Å². The maximum absolute atomic E-state index is 12.8. The standard InChI is InChI=1S/C17H31N3O/c1-5-7-14(2)19-10-6-8-15(12-19)17(21)20-11-9-16(13-20)18(3)4/h7,15-16H,5-6,8-13H2,1-4H3. The van der Waals surface area contributed by atoms with Gasteiger partial charge in [0.05, 0.1) is 5.92 Å². The first-order valence-corrected chi connectivity index (χ1v) is 8.39. The van der Waals surface area contributed by atoms with Gasteiger partial charge in [-0.3, -0.25) is 4.79 Å². The minimum absolute atomic E-state index is 0.194. The maximum Gasteiger partial charge on any atom is 0.227 e. The van der Waals surface area contributed by atoms with Crippen molar-refractivity contribution in [2.45, 2.75) is 45.6 Å². The van der Waals surface area contributed by atoms with E-state index in [0.717, 1.165) is 51.9 Å². The molecular weight excluding hydrogens is 262 g/mol. The van der Waals surface area contributed by atoms with E-state index in [2.05, 4.69) is 48.7 Å². The van der Waals surface area contributed by atoms with Crippen LogP contribution in [0.5, 0.6) is 0 Å². The van der Waals surface area contributed by atoms with Gasteiger partial charge in [-0.15, -0.1) is 0 Å². The zero-order valence-electron chi connectivity index (χ0n) is 14.1. The molecule has 2 unspecified atom stereocenters. The van der Waals surface area contributed by atoms with Crippen molar-refractivity contribution in [1.82, 2.24) is 14.7 Å². The molecule has 1 amide bonds. The predicted octanol–water partition coefficient (Wildman–Crippen LogP) is 2.17. The lowest BCUT2D eigenvalue weighted by Crippen LogP contribution is -2.44. The summed E-state index contributed by atoms with van der Waals surface area (Å²) in [5.41, 5.74) is 1.34. The second-order valence-corrected chi connectivity index (χ2v) is 6.73. The molecule has 0 bridgehead atoms. The third-order valence-corrected chi connectivity index (χ3v) is 4.97. The normalized spacial score (nSPS) is 27.6. The Morgan fingerprint density at radius 1 is 1.19 bits per heavy atom. The molecule has 2 fully saturated rings. The van der Waals surface area contributed by atoms with Crippen molar-refractivity contribution in [2.24, 2.45) is 5.92 Å². The minimum Gasteiger partial charge on any atom is -0.375 e. The Bertz CT molecular complexity index is 391. The lowest BCUT2D eigenvalue weighted by Gasteiger charge is -2.36. The lowest BCUT2D eigenvalue weighted by atomic mass is 9.96. The second-order valence-electron chi connectivity index (χ2n) is 6.73. The molecule has 2 saturated heterocycles. The van der Waals surface area contributed by atoms with Crippen molar-refractivity contribution in [2.75, 3.05) is 40.3 Å². The van der Waals surface area contributed by atoms with Crippen LogP contribution in [0.3, 0.4) is 0 Å². The fraction of sp³-hybridized carbons (Fsp3) is 0.824. The first kappa shape index (κ1) is 16.3. The number of carbonyl (C=O) groups excluding carboxylic acids is 1. The number of hydrogen-bond donors (Lipinski definition) is 0. The highest BCUT2D eigenvalue weighted by Gasteiger charge is 2.33. The maximum atomic E-state index is 12.8. The van der Waals surface area contributed by atoms with Crippen LogP contribution in [0.15, 0.2) is 11.8 Å². The minimum atomic E-state index is 0.194. The number of amides is 1. The Kier molecular flexibility index (Phi) is 5.68. The molecule has 2 aliphatic heterocycles. The molecule has 120 valence electrons. The zero-order valence-corrected chi connectivity index (χ0v) is 14.1. The summed E-state index contributed by atoms with van der Waals surface area (Å²) in [6.07, 6.45) is 6.64. The lowest BCUT2D eigenvalue weighted by molar-refractivity contribution is -0.136. The molecule has 0 spiro atoms. The Balaban J connectivity index is 1.92. The van der Waals surface area contributed by atoms with Crippen molar-refractivity contribution in [3.63, 3.8) is 0 Å². The van der Waals surface area contributed by atoms with Gasteiger partial charge in [0.1, 0.15) is 0 Å². The Morgan fingerprint density at radius 2 is 1.95 bits per heavy atom. The van der Waals surface area contributed by atoms with Gasteiger partial charge in [0.15, 0.2) is 0 Å². The SMILES string of the molecule is CCC=C(C)N1CCCC(C(=O)N2CCC(N(C)C)C2)C1. The van der Waals surface area contributed by atoms with Crippen molar-refractivity contribution >= 4 is 5.91 Å². The van der Waals surface area contributed by atoms with Crippen LogP contribution in [-0.4, -0.2) is 66.9 Å². The van der Waals surface area contributed by atoms with Gasteiger partial charge in [0.2, 0.25) is 5.91 Å². The van der Waals surface area contributed by atoms with Crippen molar-refractivity contribution in [1.29, 1.82) is 0 Å². The molecule has 0 aliphatic carbocycles. The highest BCUT2D eigenvalue weighted by Crippen LogP contribution is 2.24. The van der Waals surface area contributed by atoms with E-state index in [4.69, 9.17) is 0 Å². The number of nitrogens with zero attached hydrogens (tertiary/aromatic N) is 3. The van der Waals surface area contributed by atoms with Crippen LogP contribution in [-0.2, 0) is 4.79 Å². The number of allylic oxidation sites excluding steroid dienone is 2. The summed E-state index contributed by atoms with van der Waals surface area (Å²) in [5, 5.41) is 0. The Morgan fingerprint density at radius 3 is 2.57 bits per heavy atom. The average molecular weight is 293 g/mol. The molecular formula is C17H31N3O. The van der Waals surface area contributed by atoms with E-state index < -0.39 is 0 Å². The highest BCUT2D eigenvalue weighted by molar-refractivity contribution is 5.79. The number of likely N-dealkylation sites (tertiary alicyclic amines) is 2. The molecule has 0 aromatic rings. The largest absolute Gasteiger partial charge is 0.375 e. The van der Waals surface area contributed by atoms with Crippen LogP contribution < -0.4 is 0 Å². The molecule has 2 atom stereocenters. The van der Waals surface area contributed by atoms with Gasteiger partial charge in [-0.05, 0) is 46.7 Å². The number of likely N-dealkylation sites (N-methyl/N-ethyl adjacent to an activating group) is 1. The van der Waals surface area contributed by atoms with E-state index in [9.17, 15) is 4.79 Å². The third-order valence-electron chi connectivity index (χ3n) is 4.97. The number of rotatable bonds is 4. The van der Waals surface area contributed by atoms with Gasteiger partial charge < -0.3 is 14.7 Å². The van der Waals surface area contributed by atoms with E-state index >= 15 is 0 Å². The predicted molar refractivity (Wildman–Crippen MR) is 87.0 cm³/mol. The summed E-state index contributed by atoms with van der Waals surface area (Å²) in [5.74, 6) is 0.577.